The van der Waals surface area contributed by atoms with E-state index in [4.69, 9.17) is 0 Å². The van der Waals surface area contributed by atoms with E-state index in [9.17, 15) is 9.90 Å². The molecular weight excluding hydrogens is 286 g/mol. The quantitative estimate of drug-likeness (QED) is 0.940. The molecule has 2 aromatic carbocycles. The van der Waals surface area contributed by atoms with Gasteiger partial charge in [-0.1, -0.05) is 42.5 Å². The Bertz CT molecular complexity index is 713. The Balaban J connectivity index is 1.71. The van der Waals surface area contributed by atoms with Crippen LogP contribution in [0.4, 0.5) is 0 Å². The van der Waals surface area contributed by atoms with Crippen molar-refractivity contribution in [3.05, 3.63) is 65.7 Å². The van der Waals surface area contributed by atoms with E-state index in [-0.39, 0.29) is 17.7 Å². The van der Waals surface area contributed by atoms with E-state index in [0.29, 0.717) is 18.2 Å². The Morgan fingerprint density at radius 2 is 1.87 bits per heavy atom. The van der Waals surface area contributed by atoms with E-state index < -0.39 is 0 Å². The van der Waals surface area contributed by atoms with Gasteiger partial charge in [0.25, 0.3) is 0 Å². The lowest BCUT2D eigenvalue weighted by atomic mass is 9.71. The first-order valence-electron chi connectivity index (χ1n) is 8.33. The second-order valence-corrected chi connectivity index (χ2v) is 6.71. The summed E-state index contributed by atoms with van der Waals surface area (Å²) < 4.78 is 0. The number of phenolic OH excluding ortho intramolecular Hbond substituents is 1. The van der Waals surface area contributed by atoms with Crippen LogP contribution in [-0.4, -0.2) is 21.8 Å². The zero-order valence-corrected chi connectivity index (χ0v) is 13.1. The highest BCUT2D eigenvalue weighted by Crippen LogP contribution is 2.46. The maximum Gasteiger partial charge on any atom is 0.139 e. The number of carbonyl (C=O) groups is 1. The van der Waals surface area contributed by atoms with E-state index in [1.165, 1.54) is 5.56 Å². The molecule has 1 saturated carbocycles. The van der Waals surface area contributed by atoms with Gasteiger partial charge in [0.2, 0.25) is 0 Å². The molecule has 0 radical (unpaired) electrons. The third kappa shape index (κ3) is 2.66. The lowest BCUT2D eigenvalue weighted by molar-refractivity contribution is -0.138. The van der Waals surface area contributed by atoms with Crippen LogP contribution in [0.25, 0.3) is 0 Å². The largest absolute Gasteiger partial charge is 0.508 e. The van der Waals surface area contributed by atoms with Crippen LogP contribution in [0, 0.1) is 5.92 Å². The van der Waals surface area contributed by atoms with Crippen LogP contribution in [0.3, 0.4) is 0 Å². The molecule has 2 bridgehead atoms. The van der Waals surface area contributed by atoms with Crippen LogP contribution < -0.4 is 0 Å². The molecule has 2 saturated heterocycles. The number of nitrogens with zero attached hydrogens (tertiary/aromatic N) is 1. The molecule has 3 unspecified atom stereocenters. The van der Waals surface area contributed by atoms with Crippen molar-refractivity contribution in [3.63, 3.8) is 0 Å². The number of carbonyl (C=O) groups excluding carboxylic acids is 1. The predicted molar refractivity (Wildman–Crippen MR) is 89.0 cm³/mol. The number of benzene rings is 2. The van der Waals surface area contributed by atoms with Gasteiger partial charge in [0, 0.05) is 31.0 Å². The third-order valence-corrected chi connectivity index (χ3v) is 5.29. The molecule has 1 N–H and O–H groups in total. The smallest absolute Gasteiger partial charge is 0.139 e. The van der Waals surface area contributed by atoms with Crippen LogP contribution in [0.1, 0.15) is 36.4 Å². The Morgan fingerprint density at radius 3 is 2.61 bits per heavy atom. The standard InChI is InChI=1S/C20H21NO2/c22-17-8-4-7-15(11-17)20-18-10-9-16(12-19(18)23)21(20)13-14-5-2-1-3-6-14/h1-8,11,16,18,20,22H,9-10,12-13H2. The molecule has 23 heavy (non-hydrogen) atoms. The summed E-state index contributed by atoms with van der Waals surface area (Å²) in [4.78, 5) is 14.9. The number of aromatic hydroxyl groups is 1. The molecule has 1 aliphatic carbocycles. The summed E-state index contributed by atoms with van der Waals surface area (Å²) in [6.07, 6.45) is 2.74. The molecule has 0 spiro atoms. The molecule has 3 nitrogen and oxygen atoms in total. The summed E-state index contributed by atoms with van der Waals surface area (Å²) in [7, 11) is 0. The zero-order chi connectivity index (χ0) is 15.8. The highest BCUT2D eigenvalue weighted by Gasteiger charge is 2.46. The lowest BCUT2D eigenvalue weighted by Gasteiger charge is -2.50. The molecule has 118 valence electrons. The van der Waals surface area contributed by atoms with Crippen molar-refractivity contribution in [1.82, 2.24) is 4.90 Å². The van der Waals surface area contributed by atoms with Gasteiger partial charge >= 0.3 is 0 Å². The minimum absolute atomic E-state index is 0.0607. The molecule has 5 rings (SSSR count). The summed E-state index contributed by atoms with van der Waals surface area (Å²) in [5.41, 5.74) is 2.33. The van der Waals surface area contributed by atoms with Gasteiger partial charge in [-0.2, -0.15) is 0 Å². The first kappa shape index (κ1) is 14.5. The fraction of sp³-hybridized carbons (Fsp3) is 0.350. The van der Waals surface area contributed by atoms with Gasteiger partial charge in [0.05, 0.1) is 0 Å². The van der Waals surface area contributed by atoms with Crippen LogP contribution in [-0.2, 0) is 11.3 Å². The second-order valence-electron chi connectivity index (χ2n) is 6.71. The fourth-order valence-corrected chi connectivity index (χ4v) is 4.25. The number of piperidine rings is 2. The molecule has 3 heteroatoms. The average Bonchev–Trinajstić information content (AvgIpc) is 2.57. The molecule has 0 amide bonds. The highest BCUT2D eigenvalue weighted by atomic mass is 16.3. The van der Waals surface area contributed by atoms with Crippen molar-refractivity contribution in [3.8, 4) is 5.75 Å². The Kier molecular flexibility index (Phi) is 3.66. The van der Waals surface area contributed by atoms with Crippen molar-refractivity contribution in [2.24, 2.45) is 5.92 Å². The van der Waals surface area contributed by atoms with Crippen molar-refractivity contribution in [1.29, 1.82) is 0 Å². The first-order chi connectivity index (χ1) is 11.2. The number of phenols is 1. The van der Waals surface area contributed by atoms with Crippen molar-refractivity contribution >= 4 is 5.78 Å². The number of hydrogen-bond acceptors (Lipinski definition) is 3. The van der Waals surface area contributed by atoms with Gasteiger partial charge in [-0.05, 0) is 36.1 Å². The maximum atomic E-state index is 12.4. The molecular formula is C20H21NO2. The van der Waals surface area contributed by atoms with Gasteiger partial charge in [-0.15, -0.1) is 0 Å². The van der Waals surface area contributed by atoms with Crippen molar-refractivity contribution in [2.45, 2.75) is 37.9 Å². The third-order valence-electron chi connectivity index (χ3n) is 5.29. The predicted octanol–water partition coefficient (Wildman–Crippen LogP) is 3.69. The topological polar surface area (TPSA) is 40.5 Å². The summed E-state index contributed by atoms with van der Waals surface area (Å²) in [5, 5.41) is 9.85. The minimum Gasteiger partial charge on any atom is -0.508 e. The monoisotopic (exact) mass is 307 g/mol. The van der Waals surface area contributed by atoms with Crippen LogP contribution in [0.15, 0.2) is 54.6 Å². The number of hydrogen-bond donors (Lipinski definition) is 1. The van der Waals surface area contributed by atoms with Gasteiger partial charge in [0.15, 0.2) is 0 Å². The number of Topliss-reactive ketones (excluding diaryl/α,β-unsaturated/α-hetero) is 1. The molecule has 3 atom stereocenters. The number of fused-ring (bicyclic) bond motifs is 3. The molecule has 0 aromatic heterocycles. The molecule has 2 heterocycles. The van der Waals surface area contributed by atoms with Gasteiger partial charge in [-0.25, -0.2) is 0 Å². The van der Waals surface area contributed by atoms with Crippen LogP contribution in [0.5, 0.6) is 5.75 Å². The maximum absolute atomic E-state index is 12.4. The molecule has 3 aliphatic rings. The number of ketones is 1. The number of rotatable bonds is 3. The first-order valence-corrected chi connectivity index (χ1v) is 8.33. The summed E-state index contributed by atoms with van der Waals surface area (Å²) in [6.45, 7) is 0.857. The minimum atomic E-state index is 0.0607. The lowest BCUT2D eigenvalue weighted by Crippen LogP contribution is -2.53. The highest BCUT2D eigenvalue weighted by molar-refractivity contribution is 5.84. The van der Waals surface area contributed by atoms with Gasteiger partial charge in [0.1, 0.15) is 11.5 Å². The second kappa shape index (κ2) is 5.82. The summed E-state index contributed by atoms with van der Waals surface area (Å²) in [6, 6.07) is 18.3. The Labute approximate surface area is 136 Å². The SMILES string of the molecule is O=C1CC2CCC1C(c1cccc(O)c1)N2Cc1ccccc1. The van der Waals surface area contributed by atoms with E-state index in [0.717, 1.165) is 24.9 Å². The van der Waals surface area contributed by atoms with E-state index in [1.54, 1.807) is 6.07 Å². The molecule has 2 aliphatic heterocycles. The fourth-order valence-electron chi connectivity index (χ4n) is 4.25. The van der Waals surface area contributed by atoms with E-state index in [1.807, 2.05) is 24.3 Å². The van der Waals surface area contributed by atoms with Crippen LogP contribution >= 0.6 is 0 Å². The Morgan fingerprint density at radius 1 is 1.04 bits per heavy atom. The zero-order valence-electron chi connectivity index (χ0n) is 13.1. The van der Waals surface area contributed by atoms with Crippen molar-refractivity contribution in [2.75, 3.05) is 0 Å². The van der Waals surface area contributed by atoms with Gasteiger partial charge in [-0.3, -0.25) is 9.69 Å². The van der Waals surface area contributed by atoms with E-state index >= 15 is 0 Å². The molecule has 2 aromatic rings. The summed E-state index contributed by atoms with van der Waals surface area (Å²) >= 11 is 0. The van der Waals surface area contributed by atoms with Crippen molar-refractivity contribution < 1.29 is 9.90 Å². The summed E-state index contributed by atoms with van der Waals surface area (Å²) in [5.74, 6) is 0.723. The normalized spacial score (nSPS) is 27.3. The average molecular weight is 307 g/mol. The molecule has 3 fully saturated rings. The van der Waals surface area contributed by atoms with Gasteiger partial charge < -0.3 is 5.11 Å². The van der Waals surface area contributed by atoms with E-state index in [2.05, 4.69) is 29.2 Å². The Hall–Kier alpha value is -2.13. The van der Waals surface area contributed by atoms with Crippen LogP contribution in [0.2, 0.25) is 0 Å².